The number of ether oxygens (including phenoxy) is 1. The van der Waals surface area contributed by atoms with Crippen LogP contribution in [0.25, 0.3) is 0 Å². The monoisotopic (exact) mass is 374 g/mol. The Morgan fingerprint density at radius 1 is 0.929 bits per heavy atom. The zero-order valence-corrected chi connectivity index (χ0v) is 15.6. The molecule has 1 amide bonds. The van der Waals surface area contributed by atoms with E-state index in [1.807, 2.05) is 84.9 Å². The number of nitrogens with one attached hydrogen (secondary N) is 1. The second-order valence-electron chi connectivity index (χ2n) is 6.07. The first-order valence-electron chi connectivity index (χ1n) is 8.95. The van der Waals surface area contributed by atoms with Gasteiger partial charge in [-0.05, 0) is 23.3 Å². The molecule has 0 atom stereocenters. The Morgan fingerprint density at radius 3 is 2.11 bits per heavy atom. The summed E-state index contributed by atoms with van der Waals surface area (Å²) >= 11 is 0. The molecule has 0 aliphatic rings. The Kier molecular flexibility index (Phi) is 6.79. The van der Waals surface area contributed by atoms with Crippen molar-refractivity contribution in [2.24, 2.45) is 5.16 Å². The van der Waals surface area contributed by atoms with Gasteiger partial charge in [-0.1, -0.05) is 78.0 Å². The van der Waals surface area contributed by atoms with Gasteiger partial charge in [-0.15, -0.1) is 0 Å². The predicted molar refractivity (Wildman–Crippen MR) is 109 cm³/mol. The van der Waals surface area contributed by atoms with E-state index < -0.39 is 0 Å². The molecule has 5 heteroatoms. The van der Waals surface area contributed by atoms with E-state index in [1.165, 1.54) is 6.21 Å². The van der Waals surface area contributed by atoms with Crippen LogP contribution in [0.5, 0.6) is 5.75 Å². The van der Waals surface area contributed by atoms with Gasteiger partial charge >= 0.3 is 0 Å². The van der Waals surface area contributed by atoms with E-state index in [9.17, 15) is 4.79 Å². The van der Waals surface area contributed by atoms with E-state index >= 15 is 0 Å². The highest BCUT2D eigenvalue weighted by molar-refractivity contribution is 5.83. The third kappa shape index (κ3) is 5.20. The van der Waals surface area contributed by atoms with E-state index in [4.69, 9.17) is 9.57 Å². The maximum Gasteiger partial charge on any atom is 0.261 e. The summed E-state index contributed by atoms with van der Waals surface area (Å²) in [6.45, 7) is -0.179. The van der Waals surface area contributed by atoms with Crippen molar-refractivity contribution < 1.29 is 14.4 Å². The second kappa shape index (κ2) is 9.92. The molecule has 0 aliphatic heterocycles. The fraction of sp³-hybridized carbons (Fsp3) is 0.130. The quantitative estimate of drug-likeness (QED) is 0.480. The average molecular weight is 374 g/mol. The lowest BCUT2D eigenvalue weighted by Crippen LogP contribution is -2.31. The maximum atomic E-state index is 12.4. The van der Waals surface area contributed by atoms with Gasteiger partial charge in [0.05, 0.1) is 19.4 Å². The zero-order valence-electron chi connectivity index (χ0n) is 15.6. The van der Waals surface area contributed by atoms with E-state index in [2.05, 4.69) is 10.5 Å². The van der Waals surface area contributed by atoms with Crippen molar-refractivity contribution in [2.45, 2.75) is 6.04 Å². The van der Waals surface area contributed by atoms with Crippen LogP contribution < -0.4 is 10.1 Å². The van der Waals surface area contributed by atoms with Crippen LogP contribution in [-0.2, 0) is 9.63 Å². The molecule has 0 bridgehead atoms. The fourth-order valence-electron chi connectivity index (χ4n) is 2.82. The van der Waals surface area contributed by atoms with E-state index in [1.54, 1.807) is 7.11 Å². The minimum Gasteiger partial charge on any atom is -0.496 e. The molecule has 0 saturated heterocycles. The summed E-state index contributed by atoms with van der Waals surface area (Å²) in [7, 11) is 1.59. The number of carbonyl (C=O) groups is 1. The molecule has 28 heavy (non-hydrogen) atoms. The maximum absolute atomic E-state index is 12.4. The molecule has 1 N–H and O–H groups in total. The van der Waals surface area contributed by atoms with Crippen molar-refractivity contribution in [1.29, 1.82) is 0 Å². The van der Waals surface area contributed by atoms with Gasteiger partial charge in [-0.25, -0.2) is 0 Å². The van der Waals surface area contributed by atoms with Crippen molar-refractivity contribution in [3.8, 4) is 5.75 Å². The van der Waals surface area contributed by atoms with Gasteiger partial charge in [0.2, 0.25) is 0 Å². The molecule has 0 aliphatic carbocycles. The van der Waals surface area contributed by atoms with Crippen LogP contribution in [0.2, 0.25) is 0 Å². The Hall–Kier alpha value is -3.60. The Morgan fingerprint density at radius 2 is 1.50 bits per heavy atom. The Labute approximate surface area is 164 Å². The minimum absolute atomic E-state index is 0.179. The summed E-state index contributed by atoms with van der Waals surface area (Å²) in [5.74, 6) is 0.433. The number of oxime groups is 1. The Balaban J connectivity index is 1.62. The first-order valence-corrected chi connectivity index (χ1v) is 8.95. The molecule has 0 radical (unpaired) electrons. The van der Waals surface area contributed by atoms with Crippen LogP contribution >= 0.6 is 0 Å². The first-order chi connectivity index (χ1) is 13.8. The molecule has 0 aromatic heterocycles. The minimum atomic E-state index is -0.255. The molecule has 3 aromatic carbocycles. The SMILES string of the molecule is COc1ccccc1/C=N\OCC(=O)NC(c1ccccc1)c1ccccc1. The van der Waals surface area contributed by atoms with Crippen LogP contribution in [0.15, 0.2) is 90.1 Å². The summed E-state index contributed by atoms with van der Waals surface area (Å²) in [6, 6.07) is 26.8. The number of methoxy groups -OCH3 is 1. The van der Waals surface area contributed by atoms with Crippen molar-refractivity contribution in [1.82, 2.24) is 5.32 Å². The number of carbonyl (C=O) groups excluding carboxylic acids is 1. The third-order valence-electron chi connectivity index (χ3n) is 4.17. The van der Waals surface area contributed by atoms with Crippen LogP contribution in [0.3, 0.4) is 0 Å². The number of amides is 1. The number of benzene rings is 3. The Bertz CT molecular complexity index is 872. The third-order valence-corrected chi connectivity index (χ3v) is 4.17. The number of rotatable bonds is 8. The van der Waals surface area contributed by atoms with Gasteiger partial charge in [-0.2, -0.15) is 0 Å². The molecule has 0 heterocycles. The molecule has 142 valence electrons. The molecule has 0 spiro atoms. The van der Waals surface area contributed by atoms with Gasteiger partial charge < -0.3 is 14.9 Å². The highest BCUT2D eigenvalue weighted by Gasteiger charge is 2.16. The van der Waals surface area contributed by atoms with Crippen LogP contribution in [0, 0.1) is 0 Å². The van der Waals surface area contributed by atoms with Crippen LogP contribution in [0.1, 0.15) is 22.7 Å². The van der Waals surface area contributed by atoms with Crippen LogP contribution in [-0.4, -0.2) is 25.8 Å². The highest BCUT2D eigenvalue weighted by Crippen LogP contribution is 2.21. The molecule has 5 nitrogen and oxygen atoms in total. The van der Waals surface area contributed by atoms with E-state index in [0.29, 0.717) is 5.75 Å². The lowest BCUT2D eigenvalue weighted by Gasteiger charge is -2.19. The lowest BCUT2D eigenvalue weighted by molar-refractivity contribution is -0.126. The summed E-state index contributed by atoms with van der Waals surface area (Å²) < 4.78 is 5.25. The summed E-state index contributed by atoms with van der Waals surface area (Å²) in [4.78, 5) is 17.6. The molecular formula is C23H22N2O3. The topological polar surface area (TPSA) is 59.9 Å². The largest absolute Gasteiger partial charge is 0.496 e. The molecule has 0 fully saturated rings. The summed E-state index contributed by atoms with van der Waals surface area (Å²) in [6.07, 6.45) is 1.53. The van der Waals surface area contributed by atoms with E-state index in [-0.39, 0.29) is 18.6 Å². The second-order valence-corrected chi connectivity index (χ2v) is 6.07. The summed E-state index contributed by atoms with van der Waals surface area (Å²) in [5.41, 5.74) is 2.77. The fourth-order valence-corrected chi connectivity index (χ4v) is 2.82. The average Bonchev–Trinajstić information content (AvgIpc) is 2.76. The molecule has 3 rings (SSSR count). The van der Waals surface area contributed by atoms with Gasteiger partial charge in [0.15, 0.2) is 6.61 Å². The van der Waals surface area contributed by atoms with Crippen LogP contribution in [0.4, 0.5) is 0 Å². The van der Waals surface area contributed by atoms with Crippen molar-refractivity contribution >= 4 is 12.1 Å². The smallest absolute Gasteiger partial charge is 0.261 e. The van der Waals surface area contributed by atoms with Crippen molar-refractivity contribution in [2.75, 3.05) is 13.7 Å². The molecule has 0 unspecified atom stereocenters. The zero-order chi connectivity index (χ0) is 19.6. The number of para-hydroxylation sites is 1. The predicted octanol–water partition coefficient (Wildman–Crippen LogP) is 3.95. The van der Waals surface area contributed by atoms with Gasteiger partial charge in [0.1, 0.15) is 5.75 Å². The first kappa shape index (κ1) is 19.2. The van der Waals surface area contributed by atoms with E-state index in [0.717, 1.165) is 16.7 Å². The standard InChI is InChI=1S/C23H22N2O3/c1-27-21-15-9-8-14-20(21)16-24-28-17-22(26)25-23(18-10-4-2-5-11-18)19-12-6-3-7-13-19/h2-16,23H,17H2,1H3,(H,25,26)/b24-16-. The van der Waals surface area contributed by atoms with Crippen molar-refractivity contribution in [3.05, 3.63) is 102 Å². The summed E-state index contributed by atoms with van der Waals surface area (Å²) in [5, 5.41) is 6.89. The number of hydrogen-bond acceptors (Lipinski definition) is 4. The number of nitrogens with zero attached hydrogens (tertiary/aromatic N) is 1. The molecule has 0 saturated carbocycles. The molecule has 3 aromatic rings. The van der Waals surface area contributed by atoms with Gasteiger partial charge in [0.25, 0.3) is 5.91 Å². The lowest BCUT2D eigenvalue weighted by atomic mass is 9.99. The molecular weight excluding hydrogens is 352 g/mol. The number of hydrogen-bond donors (Lipinski definition) is 1. The normalized spacial score (nSPS) is 10.8. The van der Waals surface area contributed by atoms with Gasteiger partial charge in [-0.3, -0.25) is 4.79 Å². The highest BCUT2D eigenvalue weighted by atomic mass is 16.6. The van der Waals surface area contributed by atoms with Gasteiger partial charge in [0, 0.05) is 5.56 Å². The van der Waals surface area contributed by atoms with Crippen molar-refractivity contribution in [3.63, 3.8) is 0 Å².